The Labute approximate surface area is 233 Å². The SMILES string of the molecule is CCC[C@H](CC)C(C)(C)NP(=O)(OC[C@H]1O[C@@](C#N)(c2ccc3c(N)ncnn23)[C@H](O)[C@@H]1O)Oc1ccccc1. The van der Waals surface area contributed by atoms with Crippen LogP contribution in [0.1, 0.15) is 52.7 Å². The van der Waals surface area contributed by atoms with Gasteiger partial charge in [0.25, 0.3) is 0 Å². The molecular weight excluding hydrogens is 535 g/mol. The molecule has 0 spiro atoms. The quantitative estimate of drug-likeness (QED) is 0.233. The Morgan fingerprint density at radius 3 is 2.65 bits per heavy atom. The van der Waals surface area contributed by atoms with Crippen molar-refractivity contribution in [3.05, 3.63) is 54.5 Å². The number of nitrogens with two attached hydrogens (primary N) is 1. The number of nitrogens with one attached hydrogen (secondary N) is 1. The highest BCUT2D eigenvalue weighted by Gasteiger charge is 2.58. The van der Waals surface area contributed by atoms with E-state index in [4.69, 9.17) is 19.5 Å². The minimum absolute atomic E-state index is 0.154. The summed E-state index contributed by atoms with van der Waals surface area (Å²) in [6, 6.07) is 13.7. The van der Waals surface area contributed by atoms with E-state index in [1.54, 1.807) is 36.4 Å². The predicted octanol–water partition coefficient (Wildman–Crippen LogP) is 3.55. The molecule has 1 aliphatic heterocycles. The molecule has 0 aliphatic carbocycles. The van der Waals surface area contributed by atoms with Gasteiger partial charge in [-0.2, -0.15) is 10.4 Å². The molecule has 1 unspecified atom stereocenters. The first kappa shape index (κ1) is 29.9. The van der Waals surface area contributed by atoms with E-state index in [-0.39, 0.29) is 17.4 Å². The van der Waals surface area contributed by atoms with Crippen LogP contribution < -0.4 is 15.3 Å². The fraction of sp³-hybridized carbons (Fsp3) is 0.519. The van der Waals surface area contributed by atoms with Crippen molar-refractivity contribution in [3.63, 3.8) is 0 Å². The molecule has 12 nitrogen and oxygen atoms in total. The minimum atomic E-state index is -4.06. The molecule has 1 saturated heterocycles. The molecule has 5 N–H and O–H groups in total. The smallest absolute Gasteiger partial charge is 0.413 e. The number of aliphatic hydroxyl groups excluding tert-OH is 2. The van der Waals surface area contributed by atoms with Crippen LogP contribution in [0.15, 0.2) is 48.8 Å². The summed E-state index contributed by atoms with van der Waals surface area (Å²) in [5.41, 5.74) is 3.84. The number of aromatic nitrogens is 3. The van der Waals surface area contributed by atoms with Crippen molar-refractivity contribution in [2.24, 2.45) is 5.92 Å². The third-order valence-electron chi connectivity index (χ3n) is 7.44. The molecule has 13 heteroatoms. The van der Waals surface area contributed by atoms with Gasteiger partial charge >= 0.3 is 7.75 Å². The Bertz CT molecular complexity index is 1400. The van der Waals surface area contributed by atoms with Gasteiger partial charge in [-0.25, -0.2) is 19.2 Å². The summed E-state index contributed by atoms with van der Waals surface area (Å²) in [4.78, 5) is 3.93. The fourth-order valence-electron chi connectivity index (χ4n) is 5.29. The number of nitrogens with zero attached hydrogens (tertiary/aromatic N) is 4. The molecule has 216 valence electrons. The number of nitrogen functional groups attached to an aromatic ring is 1. The number of benzene rings is 1. The number of ether oxygens (including phenoxy) is 1. The Morgan fingerprint density at radius 2 is 2.00 bits per heavy atom. The lowest BCUT2D eigenvalue weighted by Gasteiger charge is -2.37. The topological polar surface area (TPSA) is 177 Å². The number of rotatable bonds is 12. The lowest BCUT2D eigenvalue weighted by atomic mass is 9.83. The van der Waals surface area contributed by atoms with Crippen molar-refractivity contribution in [2.45, 2.75) is 76.4 Å². The first-order valence-electron chi connectivity index (χ1n) is 13.3. The number of para-hydroxylation sites is 1. The van der Waals surface area contributed by atoms with Gasteiger partial charge in [-0.3, -0.25) is 4.52 Å². The predicted molar refractivity (Wildman–Crippen MR) is 148 cm³/mol. The van der Waals surface area contributed by atoms with Gasteiger partial charge in [-0.1, -0.05) is 44.9 Å². The highest BCUT2D eigenvalue weighted by Crippen LogP contribution is 2.49. The molecule has 1 aromatic carbocycles. The minimum Gasteiger partial charge on any atom is -0.413 e. The summed E-state index contributed by atoms with van der Waals surface area (Å²) in [5.74, 6) is 0.671. The molecule has 0 radical (unpaired) electrons. The van der Waals surface area contributed by atoms with Crippen LogP contribution in [0, 0.1) is 17.2 Å². The van der Waals surface area contributed by atoms with Gasteiger partial charge in [0.05, 0.1) is 12.3 Å². The number of fused-ring (bicyclic) bond motifs is 1. The van der Waals surface area contributed by atoms with Crippen LogP contribution in [0.5, 0.6) is 5.75 Å². The number of hydrogen-bond acceptors (Lipinski definition) is 10. The summed E-state index contributed by atoms with van der Waals surface area (Å²) in [5, 5.41) is 39.4. The monoisotopic (exact) mass is 572 g/mol. The Hall–Kier alpha value is -3.04. The molecule has 1 fully saturated rings. The molecule has 3 aromatic rings. The van der Waals surface area contributed by atoms with Gasteiger partial charge in [-0.05, 0) is 50.5 Å². The van der Waals surface area contributed by atoms with Crippen molar-refractivity contribution in [1.29, 1.82) is 5.26 Å². The zero-order chi connectivity index (χ0) is 29.1. The highest BCUT2D eigenvalue weighted by molar-refractivity contribution is 7.52. The van der Waals surface area contributed by atoms with E-state index in [0.29, 0.717) is 11.3 Å². The molecule has 2 aromatic heterocycles. The molecule has 0 bridgehead atoms. The highest BCUT2D eigenvalue weighted by atomic mass is 31.2. The lowest BCUT2D eigenvalue weighted by molar-refractivity contribution is -0.0622. The van der Waals surface area contributed by atoms with Crippen LogP contribution in [0.3, 0.4) is 0 Å². The largest absolute Gasteiger partial charge is 0.459 e. The van der Waals surface area contributed by atoms with Gasteiger partial charge in [0, 0.05) is 5.54 Å². The van der Waals surface area contributed by atoms with Gasteiger partial charge in [-0.15, -0.1) is 0 Å². The van der Waals surface area contributed by atoms with Crippen molar-refractivity contribution in [3.8, 4) is 11.8 Å². The van der Waals surface area contributed by atoms with Crippen molar-refractivity contribution < 1.29 is 28.6 Å². The van der Waals surface area contributed by atoms with Gasteiger partial charge in [0.2, 0.25) is 5.60 Å². The van der Waals surface area contributed by atoms with E-state index in [9.17, 15) is 20.0 Å². The number of hydrogen-bond donors (Lipinski definition) is 4. The Balaban J connectivity index is 1.61. The van der Waals surface area contributed by atoms with E-state index in [1.807, 2.05) is 19.9 Å². The molecule has 4 rings (SSSR count). The second-order valence-corrected chi connectivity index (χ2v) is 12.2. The average molecular weight is 573 g/mol. The maximum absolute atomic E-state index is 14.2. The summed E-state index contributed by atoms with van der Waals surface area (Å²) in [7, 11) is -4.06. The summed E-state index contributed by atoms with van der Waals surface area (Å²) < 4.78 is 33.2. The van der Waals surface area contributed by atoms with Crippen LogP contribution in [0.4, 0.5) is 5.82 Å². The molecule has 0 saturated carbocycles. The van der Waals surface area contributed by atoms with E-state index in [2.05, 4.69) is 29.0 Å². The zero-order valence-corrected chi connectivity index (χ0v) is 24.0. The second-order valence-electron chi connectivity index (χ2n) is 10.5. The van der Waals surface area contributed by atoms with E-state index >= 15 is 0 Å². The fourth-order valence-corrected chi connectivity index (χ4v) is 7.09. The lowest BCUT2D eigenvalue weighted by Crippen LogP contribution is -2.45. The van der Waals surface area contributed by atoms with Crippen molar-refractivity contribution in [1.82, 2.24) is 19.7 Å². The number of anilines is 1. The molecule has 6 atom stereocenters. The summed E-state index contributed by atoms with van der Waals surface area (Å²) in [6.45, 7) is 7.61. The first-order chi connectivity index (χ1) is 19.0. The van der Waals surface area contributed by atoms with Gasteiger partial charge in [0.1, 0.15) is 42.0 Å². The molecule has 1 aliphatic rings. The average Bonchev–Trinajstić information content (AvgIpc) is 3.47. The summed E-state index contributed by atoms with van der Waals surface area (Å²) >= 11 is 0. The van der Waals surface area contributed by atoms with Crippen molar-refractivity contribution >= 4 is 19.1 Å². The van der Waals surface area contributed by atoms with Crippen LogP contribution in [-0.4, -0.2) is 55.3 Å². The maximum atomic E-state index is 14.2. The van der Waals surface area contributed by atoms with Crippen LogP contribution in [0.2, 0.25) is 0 Å². The van der Waals surface area contributed by atoms with Crippen LogP contribution in [-0.2, 0) is 19.4 Å². The van der Waals surface area contributed by atoms with Gasteiger partial charge in [0.15, 0.2) is 5.82 Å². The second kappa shape index (κ2) is 11.8. The Morgan fingerprint density at radius 1 is 1.27 bits per heavy atom. The van der Waals surface area contributed by atoms with Gasteiger partial charge < -0.3 is 25.2 Å². The third kappa shape index (κ3) is 5.72. The van der Waals surface area contributed by atoms with E-state index < -0.39 is 43.8 Å². The third-order valence-corrected chi connectivity index (χ3v) is 9.23. The first-order valence-corrected chi connectivity index (χ1v) is 14.9. The zero-order valence-electron chi connectivity index (χ0n) is 23.1. The van der Waals surface area contributed by atoms with Crippen molar-refractivity contribution in [2.75, 3.05) is 12.3 Å². The van der Waals surface area contributed by atoms with Crippen LogP contribution >= 0.6 is 7.75 Å². The molecular formula is C27H37N6O6P. The number of nitriles is 1. The molecule has 3 heterocycles. The van der Waals surface area contributed by atoms with Crippen LogP contribution in [0.25, 0.3) is 5.52 Å². The maximum Gasteiger partial charge on any atom is 0.459 e. The Kier molecular flexibility index (Phi) is 8.85. The number of aliphatic hydroxyl groups is 2. The molecule has 40 heavy (non-hydrogen) atoms. The van der Waals surface area contributed by atoms with E-state index in [1.165, 1.54) is 16.9 Å². The standard InChI is InChI=1S/C27H37N6O6P/c1-5-10-18(6-2)26(3,4)32-40(36,39-19-11-8-7-9-12-19)37-15-21-23(34)24(35)27(16-28,38-21)22-14-13-20-25(29)30-17-31-33(20)22/h7-9,11-14,17-18,21,23-24,34-35H,5-6,10,15H2,1-4H3,(H,32,36)(H2,29,30,31)/t18-,21+,23+,24+,27-,40?/m0/s1. The van der Waals surface area contributed by atoms with E-state index in [0.717, 1.165) is 19.3 Å². The molecule has 0 amide bonds. The summed E-state index contributed by atoms with van der Waals surface area (Å²) in [6.07, 6.45) is -0.534. The normalized spacial score (nSPS) is 25.4.